The molecule has 2 N–H and O–H groups in total. The van der Waals surface area contributed by atoms with Crippen LogP contribution in [0.2, 0.25) is 0 Å². The zero-order valence-electron chi connectivity index (χ0n) is 10.7. The van der Waals surface area contributed by atoms with E-state index in [1.807, 2.05) is 0 Å². The number of nitrogens with zero attached hydrogens (tertiary/aromatic N) is 4. The first-order chi connectivity index (χ1) is 9.60. The minimum absolute atomic E-state index is 0.318. The van der Waals surface area contributed by atoms with Crippen LogP contribution >= 0.6 is 0 Å². The Bertz CT molecular complexity index is 729. The molecule has 2 aromatic heterocycles. The highest BCUT2D eigenvalue weighted by Gasteiger charge is 2.11. The SMILES string of the molecule is Cc1cc(F)cc(-c2noc(Cn3cc(N)cn3)n2)c1. The molecule has 2 heterocycles. The molecule has 0 aliphatic carbocycles. The maximum Gasteiger partial charge on any atom is 0.248 e. The molecule has 20 heavy (non-hydrogen) atoms. The molecule has 7 heteroatoms. The normalized spacial score (nSPS) is 10.9. The van der Waals surface area contributed by atoms with Gasteiger partial charge in [-0.05, 0) is 30.7 Å². The van der Waals surface area contributed by atoms with Crippen LogP contribution in [-0.4, -0.2) is 19.9 Å². The zero-order valence-corrected chi connectivity index (χ0v) is 10.7. The van der Waals surface area contributed by atoms with Crippen molar-refractivity contribution in [1.82, 2.24) is 19.9 Å². The summed E-state index contributed by atoms with van der Waals surface area (Å²) >= 11 is 0. The van der Waals surface area contributed by atoms with Gasteiger partial charge in [-0.25, -0.2) is 4.39 Å². The maximum atomic E-state index is 13.4. The average molecular weight is 273 g/mol. The second-order valence-corrected chi connectivity index (χ2v) is 4.50. The molecule has 6 nitrogen and oxygen atoms in total. The number of halogens is 1. The largest absolute Gasteiger partial charge is 0.396 e. The molecule has 3 rings (SSSR count). The number of rotatable bonds is 3. The van der Waals surface area contributed by atoms with Gasteiger partial charge in [0.25, 0.3) is 0 Å². The number of nitrogens with two attached hydrogens (primary N) is 1. The molecule has 1 aromatic carbocycles. The number of aromatic nitrogens is 4. The van der Waals surface area contributed by atoms with Gasteiger partial charge in [-0.2, -0.15) is 10.1 Å². The molecular formula is C13H12FN5O. The fourth-order valence-corrected chi connectivity index (χ4v) is 1.91. The van der Waals surface area contributed by atoms with Crippen LogP contribution in [0.25, 0.3) is 11.4 Å². The van der Waals surface area contributed by atoms with Crippen molar-refractivity contribution in [3.63, 3.8) is 0 Å². The van der Waals surface area contributed by atoms with E-state index >= 15 is 0 Å². The summed E-state index contributed by atoms with van der Waals surface area (Å²) in [6.45, 7) is 2.12. The van der Waals surface area contributed by atoms with Gasteiger partial charge in [0.1, 0.15) is 12.4 Å². The molecule has 102 valence electrons. The Balaban J connectivity index is 1.86. The summed E-state index contributed by atoms with van der Waals surface area (Å²) in [6.07, 6.45) is 3.20. The van der Waals surface area contributed by atoms with Crippen LogP contribution in [0.15, 0.2) is 35.1 Å². The Kier molecular flexibility index (Phi) is 2.94. The van der Waals surface area contributed by atoms with Gasteiger partial charge in [0.2, 0.25) is 11.7 Å². The number of anilines is 1. The van der Waals surface area contributed by atoms with E-state index in [0.717, 1.165) is 5.56 Å². The lowest BCUT2D eigenvalue weighted by Crippen LogP contribution is -2.00. The van der Waals surface area contributed by atoms with Crippen LogP contribution in [-0.2, 0) is 6.54 Å². The van der Waals surface area contributed by atoms with Gasteiger partial charge in [-0.1, -0.05) is 5.16 Å². The maximum absolute atomic E-state index is 13.4. The van der Waals surface area contributed by atoms with Gasteiger partial charge < -0.3 is 10.3 Å². The van der Waals surface area contributed by atoms with Crippen molar-refractivity contribution in [1.29, 1.82) is 0 Å². The molecule has 0 amide bonds. The smallest absolute Gasteiger partial charge is 0.248 e. The molecule has 0 saturated heterocycles. The molecule has 3 aromatic rings. The second kappa shape index (κ2) is 4.76. The van der Waals surface area contributed by atoms with Gasteiger partial charge in [0, 0.05) is 11.8 Å². The quantitative estimate of drug-likeness (QED) is 0.789. The van der Waals surface area contributed by atoms with Gasteiger partial charge >= 0.3 is 0 Å². The summed E-state index contributed by atoms with van der Waals surface area (Å²) in [6, 6.07) is 4.61. The summed E-state index contributed by atoms with van der Waals surface area (Å²) in [5.74, 6) is 0.402. The molecule has 0 radical (unpaired) electrons. The highest BCUT2D eigenvalue weighted by molar-refractivity contribution is 5.55. The standard InChI is InChI=1S/C13H12FN5O/c1-8-2-9(4-10(14)3-8)13-17-12(20-18-13)7-19-6-11(15)5-16-19/h2-6H,7,15H2,1H3. The van der Waals surface area contributed by atoms with Crippen molar-refractivity contribution in [2.75, 3.05) is 5.73 Å². The van der Waals surface area contributed by atoms with E-state index in [2.05, 4.69) is 15.2 Å². The van der Waals surface area contributed by atoms with Crippen LogP contribution in [0.4, 0.5) is 10.1 Å². The lowest BCUT2D eigenvalue weighted by atomic mass is 10.1. The van der Waals surface area contributed by atoms with Gasteiger partial charge in [-0.15, -0.1) is 0 Å². The molecule has 0 aliphatic rings. The minimum Gasteiger partial charge on any atom is -0.396 e. The van der Waals surface area contributed by atoms with Gasteiger partial charge in [0.05, 0.1) is 11.9 Å². The molecular weight excluding hydrogens is 261 g/mol. The van der Waals surface area contributed by atoms with E-state index in [0.29, 0.717) is 29.5 Å². The molecule has 0 saturated carbocycles. The van der Waals surface area contributed by atoms with Crippen LogP contribution in [0.1, 0.15) is 11.5 Å². The first-order valence-electron chi connectivity index (χ1n) is 5.98. The van der Waals surface area contributed by atoms with Crippen molar-refractivity contribution in [3.8, 4) is 11.4 Å². The summed E-state index contributed by atoms with van der Waals surface area (Å²) in [5, 5.41) is 7.87. The predicted octanol–water partition coefficient (Wildman–Crippen LogP) is 2.01. The van der Waals surface area contributed by atoms with Crippen molar-refractivity contribution < 1.29 is 8.91 Å². The molecule has 0 spiro atoms. The van der Waals surface area contributed by atoms with E-state index in [-0.39, 0.29) is 5.82 Å². The van der Waals surface area contributed by atoms with E-state index in [9.17, 15) is 4.39 Å². The molecule has 0 unspecified atom stereocenters. The Hall–Kier alpha value is -2.70. The third kappa shape index (κ3) is 2.51. The fraction of sp³-hybridized carbons (Fsp3) is 0.154. The zero-order chi connectivity index (χ0) is 14.1. The average Bonchev–Trinajstić information content (AvgIpc) is 2.98. The molecule has 0 bridgehead atoms. The predicted molar refractivity (Wildman–Crippen MR) is 70.2 cm³/mol. The Morgan fingerprint density at radius 3 is 2.90 bits per heavy atom. The number of nitrogen functional groups attached to an aromatic ring is 1. The fourth-order valence-electron chi connectivity index (χ4n) is 1.91. The van der Waals surface area contributed by atoms with Crippen molar-refractivity contribution in [3.05, 3.63) is 47.9 Å². The Morgan fingerprint density at radius 1 is 1.35 bits per heavy atom. The second-order valence-electron chi connectivity index (χ2n) is 4.50. The van der Waals surface area contributed by atoms with Crippen molar-refractivity contribution >= 4 is 5.69 Å². The third-order valence-corrected chi connectivity index (χ3v) is 2.72. The molecule has 0 atom stereocenters. The molecule has 0 aliphatic heterocycles. The highest BCUT2D eigenvalue weighted by atomic mass is 19.1. The van der Waals surface area contributed by atoms with Crippen molar-refractivity contribution in [2.45, 2.75) is 13.5 Å². The Morgan fingerprint density at radius 2 is 2.20 bits per heavy atom. The lowest BCUT2D eigenvalue weighted by molar-refractivity contribution is 0.366. The third-order valence-electron chi connectivity index (χ3n) is 2.72. The van der Waals surface area contributed by atoms with E-state index in [1.165, 1.54) is 18.3 Å². The van der Waals surface area contributed by atoms with Crippen LogP contribution in [0.5, 0.6) is 0 Å². The topological polar surface area (TPSA) is 82.8 Å². The summed E-state index contributed by atoms with van der Waals surface area (Å²) < 4.78 is 20.1. The first-order valence-corrected chi connectivity index (χ1v) is 5.98. The van der Waals surface area contributed by atoms with Crippen LogP contribution in [0.3, 0.4) is 0 Å². The number of hydrogen-bond donors (Lipinski definition) is 1. The van der Waals surface area contributed by atoms with Crippen molar-refractivity contribution in [2.24, 2.45) is 0 Å². The van der Waals surface area contributed by atoms with Crippen LogP contribution in [0, 0.1) is 12.7 Å². The summed E-state index contributed by atoms with van der Waals surface area (Å²) in [4.78, 5) is 4.22. The number of aryl methyl sites for hydroxylation is 1. The first kappa shape index (κ1) is 12.3. The van der Waals surface area contributed by atoms with E-state index in [1.54, 1.807) is 23.9 Å². The molecule has 0 fully saturated rings. The highest BCUT2D eigenvalue weighted by Crippen LogP contribution is 2.19. The lowest BCUT2D eigenvalue weighted by Gasteiger charge is -1.97. The minimum atomic E-state index is -0.328. The monoisotopic (exact) mass is 273 g/mol. The van der Waals surface area contributed by atoms with Crippen LogP contribution < -0.4 is 5.73 Å². The number of hydrogen-bond acceptors (Lipinski definition) is 5. The Labute approximate surface area is 114 Å². The van der Waals surface area contributed by atoms with Gasteiger partial charge in [0.15, 0.2) is 0 Å². The summed E-state index contributed by atoms with van der Waals surface area (Å²) in [7, 11) is 0. The summed E-state index contributed by atoms with van der Waals surface area (Å²) in [5.41, 5.74) is 7.51. The number of benzene rings is 1. The van der Waals surface area contributed by atoms with Gasteiger partial charge in [-0.3, -0.25) is 4.68 Å². The van der Waals surface area contributed by atoms with E-state index in [4.69, 9.17) is 10.3 Å². The van der Waals surface area contributed by atoms with E-state index < -0.39 is 0 Å².